The zero-order valence-corrected chi connectivity index (χ0v) is 11.6. The number of hydrogen-bond acceptors (Lipinski definition) is 3. The maximum absolute atomic E-state index is 11.4. The third kappa shape index (κ3) is 1.56. The molecular weight excluding hydrogens is 319 g/mol. The van der Waals surface area contributed by atoms with Crippen LogP contribution in [0.15, 0.2) is 0 Å². The molecule has 0 unspecified atom stereocenters. The summed E-state index contributed by atoms with van der Waals surface area (Å²) >= 11 is 1.60. The predicted molar refractivity (Wildman–Crippen MR) is 67.0 cm³/mol. The average Bonchev–Trinajstić information content (AvgIpc) is 2.25. The van der Waals surface area contributed by atoms with Crippen LogP contribution in [-0.2, 0) is 7.80 Å². The van der Waals surface area contributed by atoms with E-state index < -0.39 is 6.16 Å². The Morgan fingerprint density at radius 3 is 2.06 bits per heavy atom. The second-order valence-electron chi connectivity index (χ2n) is 5.92. The Hall–Kier alpha value is 0. The van der Waals surface area contributed by atoms with Crippen molar-refractivity contribution in [2.45, 2.75) is 44.6 Å². The standard InChI is InChI=1S/C12H17IO3/c1-12(15-11(14)16-13)9-3-7-2-8(5-9)6-10(12)4-7/h7-10H,2-6H2,1H3. The van der Waals surface area contributed by atoms with Gasteiger partial charge in [-0.3, -0.25) is 0 Å². The first-order chi connectivity index (χ1) is 7.61. The highest BCUT2D eigenvalue weighted by Gasteiger charge is 2.57. The maximum atomic E-state index is 11.4. The first-order valence-electron chi connectivity index (χ1n) is 6.13. The summed E-state index contributed by atoms with van der Waals surface area (Å²) in [5.74, 6) is 2.93. The molecule has 0 aliphatic heterocycles. The highest BCUT2D eigenvalue weighted by molar-refractivity contribution is 14.1. The Morgan fingerprint density at radius 1 is 1.12 bits per heavy atom. The SMILES string of the molecule is CC1(OC(=O)OI)C2CC3CC(C2)CC1C3. The molecule has 4 rings (SSSR count). The van der Waals surface area contributed by atoms with Gasteiger partial charge in [0.05, 0.1) is 0 Å². The molecule has 0 N–H and O–H groups in total. The molecule has 0 aromatic heterocycles. The molecule has 4 saturated carbocycles. The first kappa shape index (κ1) is 11.1. The van der Waals surface area contributed by atoms with Crippen LogP contribution in [0.1, 0.15) is 39.0 Å². The minimum Gasteiger partial charge on any atom is -0.427 e. The van der Waals surface area contributed by atoms with Gasteiger partial charge in [0.15, 0.2) is 23.0 Å². The topological polar surface area (TPSA) is 35.5 Å². The molecule has 0 saturated heterocycles. The molecule has 4 heteroatoms. The second kappa shape index (κ2) is 3.75. The lowest BCUT2D eigenvalue weighted by Gasteiger charge is -2.58. The maximum Gasteiger partial charge on any atom is 0.518 e. The number of halogens is 1. The number of carbonyl (C=O) groups is 1. The first-order valence-corrected chi connectivity index (χ1v) is 7.01. The van der Waals surface area contributed by atoms with Crippen molar-refractivity contribution in [2.75, 3.05) is 0 Å². The van der Waals surface area contributed by atoms with Gasteiger partial charge in [-0.1, -0.05) is 0 Å². The lowest BCUT2D eigenvalue weighted by Crippen LogP contribution is -2.57. The van der Waals surface area contributed by atoms with Gasteiger partial charge in [-0.2, -0.15) is 0 Å². The van der Waals surface area contributed by atoms with Crippen LogP contribution in [0.2, 0.25) is 0 Å². The average molecular weight is 336 g/mol. The molecule has 0 spiro atoms. The predicted octanol–water partition coefficient (Wildman–Crippen LogP) is 3.70. The molecule has 4 aliphatic carbocycles. The number of rotatable bonds is 1. The molecule has 0 amide bonds. The van der Waals surface area contributed by atoms with Gasteiger partial charge in [0.2, 0.25) is 0 Å². The van der Waals surface area contributed by atoms with Crippen molar-refractivity contribution < 1.29 is 12.6 Å². The number of hydrogen-bond donors (Lipinski definition) is 0. The van der Waals surface area contributed by atoms with Gasteiger partial charge in [-0.25, -0.2) is 4.79 Å². The summed E-state index contributed by atoms with van der Waals surface area (Å²) in [4.78, 5) is 11.4. The smallest absolute Gasteiger partial charge is 0.427 e. The van der Waals surface area contributed by atoms with Crippen LogP contribution in [0.4, 0.5) is 4.79 Å². The third-order valence-electron chi connectivity index (χ3n) is 5.13. The molecule has 3 nitrogen and oxygen atoms in total. The Kier molecular flexibility index (Phi) is 2.60. The Morgan fingerprint density at radius 2 is 1.62 bits per heavy atom. The van der Waals surface area contributed by atoms with Gasteiger partial charge in [0.1, 0.15) is 5.60 Å². The van der Waals surface area contributed by atoms with E-state index in [0.717, 1.165) is 11.8 Å². The van der Waals surface area contributed by atoms with Gasteiger partial charge in [0.25, 0.3) is 0 Å². The van der Waals surface area contributed by atoms with E-state index in [0.29, 0.717) is 11.8 Å². The quantitative estimate of drug-likeness (QED) is 0.541. The fourth-order valence-electron chi connectivity index (χ4n) is 4.48. The van der Waals surface area contributed by atoms with Gasteiger partial charge >= 0.3 is 6.16 Å². The number of carbonyl (C=O) groups excluding carboxylic acids is 1. The minimum atomic E-state index is -0.518. The third-order valence-corrected chi connectivity index (χ3v) is 5.49. The van der Waals surface area contributed by atoms with E-state index >= 15 is 0 Å². The van der Waals surface area contributed by atoms with Gasteiger partial charge in [0, 0.05) is 0 Å². The molecule has 0 aromatic rings. The van der Waals surface area contributed by atoms with Crippen molar-refractivity contribution in [2.24, 2.45) is 23.7 Å². The highest BCUT2D eigenvalue weighted by Crippen LogP contribution is 2.59. The molecule has 0 radical (unpaired) electrons. The van der Waals surface area contributed by atoms with Crippen LogP contribution >= 0.6 is 23.0 Å². The van der Waals surface area contributed by atoms with Crippen LogP contribution in [0.25, 0.3) is 0 Å². The highest BCUT2D eigenvalue weighted by atomic mass is 127. The Bertz CT molecular complexity index is 287. The largest absolute Gasteiger partial charge is 0.518 e. The lowest BCUT2D eigenvalue weighted by atomic mass is 9.50. The Labute approximate surface area is 110 Å². The molecule has 90 valence electrons. The minimum absolute atomic E-state index is 0.254. The molecular formula is C12H17IO3. The van der Waals surface area contributed by atoms with Crippen LogP contribution in [-0.4, -0.2) is 11.8 Å². The van der Waals surface area contributed by atoms with E-state index in [1.807, 2.05) is 0 Å². The molecule has 0 aromatic carbocycles. The van der Waals surface area contributed by atoms with E-state index in [-0.39, 0.29) is 5.60 Å². The summed E-state index contributed by atoms with van der Waals surface area (Å²) in [6.45, 7) is 2.12. The van der Waals surface area contributed by atoms with E-state index in [1.54, 1.807) is 23.0 Å². The molecule has 4 bridgehead atoms. The molecule has 16 heavy (non-hydrogen) atoms. The van der Waals surface area contributed by atoms with Crippen LogP contribution in [0, 0.1) is 23.7 Å². The molecule has 4 fully saturated rings. The molecule has 0 atom stereocenters. The summed E-state index contributed by atoms with van der Waals surface area (Å²) in [5, 5.41) is 0. The molecule has 0 heterocycles. The summed E-state index contributed by atoms with van der Waals surface area (Å²) in [7, 11) is 0. The Balaban J connectivity index is 1.82. The summed E-state index contributed by atoms with van der Waals surface area (Å²) < 4.78 is 10.2. The van der Waals surface area contributed by atoms with Gasteiger partial charge in [-0.05, 0) is 62.7 Å². The fraction of sp³-hybridized carbons (Fsp3) is 0.917. The van der Waals surface area contributed by atoms with E-state index in [9.17, 15) is 4.79 Å². The van der Waals surface area contributed by atoms with Crippen LogP contribution in [0.3, 0.4) is 0 Å². The van der Waals surface area contributed by atoms with Crippen molar-refractivity contribution in [1.29, 1.82) is 0 Å². The van der Waals surface area contributed by atoms with Crippen LogP contribution < -0.4 is 0 Å². The lowest BCUT2D eigenvalue weighted by molar-refractivity contribution is -0.167. The van der Waals surface area contributed by atoms with Crippen molar-refractivity contribution in [3.8, 4) is 0 Å². The zero-order valence-electron chi connectivity index (χ0n) is 9.45. The summed E-state index contributed by atoms with van der Waals surface area (Å²) in [5.41, 5.74) is -0.254. The fourth-order valence-corrected chi connectivity index (χ4v) is 4.57. The number of ether oxygens (including phenoxy) is 1. The normalized spacial score (nSPS) is 49.1. The van der Waals surface area contributed by atoms with Crippen molar-refractivity contribution >= 4 is 29.2 Å². The van der Waals surface area contributed by atoms with E-state index in [1.165, 1.54) is 32.1 Å². The second-order valence-corrected chi connectivity index (χ2v) is 6.36. The van der Waals surface area contributed by atoms with Crippen LogP contribution in [0.5, 0.6) is 0 Å². The van der Waals surface area contributed by atoms with Crippen molar-refractivity contribution in [3.63, 3.8) is 0 Å². The van der Waals surface area contributed by atoms with Crippen molar-refractivity contribution in [3.05, 3.63) is 0 Å². The van der Waals surface area contributed by atoms with Gasteiger partial charge < -0.3 is 7.80 Å². The van der Waals surface area contributed by atoms with E-state index in [4.69, 9.17) is 4.74 Å². The monoisotopic (exact) mass is 336 g/mol. The van der Waals surface area contributed by atoms with Crippen molar-refractivity contribution in [1.82, 2.24) is 0 Å². The summed E-state index contributed by atoms with van der Waals surface area (Å²) in [6, 6.07) is 0. The zero-order chi connectivity index (χ0) is 11.3. The molecule has 4 aliphatic rings. The summed E-state index contributed by atoms with van der Waals surface area (Å²) in [6.07, 6.45) is 5.89. The van der Waals surface area contributed by atoms with Gasteiger partial charge in [-0.15, -0.1) is 0 Å². The van der Waals surface area contributed by atoms with E-state index in [2.05, 4.69) is 9.99 Å².